The van der Waals surface area contributed by atoms with E-state index >= 15 is 0 Å². The Morgan fingerprint density at radius 2 is 1.97 bits per heavy atom. The van der Waals surface area contributed by atoms with Gasteiger partial charge in [0, 0.05) is 32.7 Å². The van der Waals surface area contributed by atoms with Crippen LogP contribution in [0.5, 0.6) is 5.75 Å². The van der Waals surface area contributed by atoms with Crippen LogP contribution in [0.25, 0.3) is 11.2 Å². The number of aromatic hydroxyl groups is 1. The molecule has 0 saturated carbocycles. The van der Waals surface area contributed by atoms with Gasteiger partial charge >= 0.3 is 5.69 Å². The molecule has 0 bridgehead atoms. The van der Waals surface area contributed by atoms with Crippen molar-refractivity contribution in [3.05, 3.63) is 56.5 Å². The van der Waals surface area contributed by atoms with Gasteiger partial charge in [0.1, 0.15) is 5.75 Å². The average Bonchev–Trinajstić information content (AvgIpc) is 3.14. The molecule has 3 rings (SSSR count). The summed E-state index contributed by atoms with van der Waals surface area (Å²) in [5.41, 5.74) is 0.913. The minimum atomic E-state index is -0.781. The van der Waals surface area contributed by atoms with E-state index in [-0.39, 0.29) is 17.9 Å². The predicted octanol–water partition coefficient (Wildman–Crippen LogP) is -0.655. The van der Waals surface area contributed by atoms with Crippen molar-refractivity contribution in [2.24, 2.45) is 14.1 Å². The first-order valence-electron chi connectivity index (χ1n) is 9.27. The normalized spacial score (nSPS) is 12.6. The molecule has 2 aromatic heterocycles. The van der Waals surface area contributed by atoms with E-state index in [1.807, 2.05) is 0 Å². The lowest BCUT2D eigenvalue weighted by Crippen LogP contribution is -2.37. The Morgan fingerprint density at radius 1 is 1.21 bits per heavy atom. The molecule has 1 aromatic carbocycles. The molecule has 0 aliphatic heterocycles. The predicted molar refractivity (Wildman–Crippen MR) is 107 cm³/mol. The van der Waals surface area contributed by atoms with Gasteiger partial charge in [-0.15, -0.1) is 0 Å². The van der Waals surface area contributed by atoms with Crippen LogP contribution >= 0.6 is 0 Å². The molecule has 0 fully saturated rings. The van der Waals surface area contributed by atoms with Crippen LogP contribution in [0.3, 0.4) is 0 Å². The van der Waals surface area contributed by atoms with E-state index in [2.05, 4.69) is 10.3 Å². The molecule has 10 heteroatoms. The van der Waals surface area contributed by atoms with Gasteiger partial charge in [0.2, 0.25) is 0 Å². The number of nitrogens with zero attached hydrogens (tertiary/aromatic N) is 4. The second kappa shape index (κ2) is 8.60. The molecule has 2 heterocycles. The maximum absolute atomic E-state index is 12.4. The Bertz CT molecular complexity index is 1130. The van der Waals surface area contributed by atoms with Crippen molar-refractivity contribution < 1.29 is 15.3 Å². The Morgan fingerprint density at radius 3 is 2.69 bits per heavy atom. The third kappa shape index (κ3) is 4.09. The van der Waals surface area contributed by atoms with Gasteiger partial charge in [0.25, 0.3) is 5.56 Å². The van der Waals surface area contributed by atoms with Crippen molar-refractivity contribution in [2.45, 2.75) is 25.7 Å². The molecule has 156 valence electrons. The number of aliphatic hydroxyl groups is 2. The van der Waals surface area contributed by atoms with E-state index in [0.29, 0.717) is 48.3 Å². The summed E-state index contributed by atoms with van der Waals surface area (Å²) in [7, 11) is 3.02. The SMILES string of the molecule is Cn1c(=O)c2c(ncn2CCCNCC(O)c2ccc(O)c(CO)c2)n(C)c1=O. The number of hydrogen-bond donors (Lipinski definition) is 4. The Balaban J connectivity index is 1.58. The van der Waals surface area contributed by atoms with Crippen LogP contribution in [0.15, 0.2) is 34.1 Å². The van der Waals surface area contributed by atoms with Gasteiger partial charge in [-0.3, -0.25) is 13.9 Å². The molecule has 3 aromatic rings. The highest BCUT2D eigenvalue weighted by Gasteiger charge is 2.14. The molecule has 0 aliphatic carbocycles. The van der Waals surface area contributed by atoms with Crippen molar-refractivity contribution >= 4 is 11.2 Å². The van der Waals surface area contributed by atoms with E-state index in [0.717, 1.165) is 4.57 Å². The topological polar surface area (TPSA) is 135 Å². The second-order valence-electron chi connectivity index (χ2n) is 6.94. The lowest BCUT2D eigenvalue weighted by Gasteiger charge is -2.14. The highest BCUT2D eigenvalue weighted by atomic mass is 16.3. The molecule has 1 atom stereocenters. The van der Waals surface area contributed by atoms with E-state index in [1.54, 1.807) is 30.1 Å². The average molecular weight is 403 g/mol. The third-order valence-electron chi connectivity index (χ3n) is 4.97. The van der Waals surface area contributed by atoms with Crippen LogP contribution in [0.1, 0.15) is 23.7 Å². The van der Waals surface area contributed by atoms with E-state index in [1.165, 1.54) is 17.7 Å². The summed E-state index contributed by atoms with van der Waals surface area (Å²) in [4.78, 5) is 28.5. The number of benzene rings is 1. The standard InChI is InChI=1S/C19H25N5O5/c1-22-17-16(18(28)23(2)19(22)29)24(11-21-17)7-3-6-20-9-15(27)12-4-5-14(26)13(8-12)10-25/h4-5,8,11,15,20,25-27H,3,6-7,9-10H2,1-2H3. The Labute approximate surface area is 166 Å². The maximum atomic E-state index is 12.4. The number of hydrogen-bond acceptors (Lipinski definition) is 7. The molecule has 10 nitrogen and oxygen atoms in total. The number of aliphatic hydroxyl groups excluding tert-OH is 2. The number of nitrogens with one attached hydrogen (secondary N) is 1. The van der Waals surface area contributed by atoms with Crippen LogP contribution in [0.2, 0.25) is 0 Å². The third-order valence-corrected chi connectivity index (χ3v) is 4.97. The zero-order valence-corrected chi connectivity index (χ0v) is 16.4. The summed E-state index contributed by atoms with van der Waals surface area (Å²) < 4.78 is 4.14. The lowest BCUT2D eigenvalue weighted by atomic mass is 10.1. The van der Waals surface area contributed by atoms with E-state index in [4.69, 9.17) is 0 Å². The first-order valence-corrected chi connectivity index (χ1v) is 9.27. The molecule has 0 amide bonds. The van der Waals surface area contributed by atoms with Crippen molar-refractivity contribution in [1.29, 1.82) is 0 Å². The number of fused-ring (bicyclic) bond motifs is 1. The fourth-order valence-electron chi connectivity index (χ4n) is 3.24. The van der Waals surface area contributed by atoms with Gasteiger partial charge in [-0.05, 0) is 30.7 Å². The summed E-state index contributed by atoms with van der Waals surface area (Å²) in [5, 5.41) is 32.2. The number of phenols is 1. The highest BCUT2D eigenvalue weighted by Crippen LogP contribution is 2.22. The Hall–Kier alpha value is -2.95. The zero-order chi connectivity index (χ0) is 21.1. The molecular weight excluding hydrogens is 378 g/mol. The maximum Gasteiger partial charge on any atom is 0.332 e. The smallest absolute Gasteiger partial charge is 0.332 e. The van der Waals surface area contributed by atoms with Crippen LogP contribution in [-0.4, -0.2) is 47.1 Å². The van der Waals surface area contributed by atoms with Crippen molar-refractivity contribution in [3.8, 4) is 5.75 Å². The monoisotopic (exact) mass is 403 g/mol. The Kier molecular flexibility index (Phi) is 6.16. The highest BCUT2D eigenvalue weighted by molar-refractivity contribution is 5.69. The quantitative estimate of drug-likeness (QED) is 0.367. The van der Waals surface area contributed by atoms with Crippen molar-refractivity contribution in [2.75, 3.05) is 13.1 Å². The van der Waals surface area contributed by atoms with Gasteiger partial charge < -0.3 is 25.2 Å². The van der Waals surface area contributed by atoms with Crippen LogP contribution in [-0.2, 0) is 27.2 Å². The molecule has 0 aliphatic rings. The molecular formula is C19H25N5O5. The largest absolute Gasteiger partial charge is 0.508 e. The van der Waals surface area contributed by atoms with Gasteiger partial charge in [-0.25, -0.2) is 9.78 Å². The molecule has 0 radical (unpaired) electrons. The molecule has 0 spiro atoms. The first kappa shape index (κ1) is 20.8. The van der Waals surface area contributed by atoms with E-state index < -0.39 is 11.8 Å². The van der Waals surface area contributed by atoms with Crippen LogP contribution in [0.4, 0.5) is 0 Å². The number of aryl methyl sites for hydroxylation is 2. The van der Waals surface area contributed by atoms with Gasteiger partial charge in [0.05, 0.1) is 19.0 Å². The zero-order valence-electron chi connectivity index (χ0n) is 16.4. The summed E-state index contributed by atoms with van der Waals surface area (Å²) in [6.07, 6.45) is 1.45. The molecule has 4 N–H and O–H groups in total. The van der Waals surface area contributed by atoms with Crippen LogP contribution in [0, 0.1) is 0 Å². The second-order valence-corrected chi connectivity index (χ2v) is 6.94. The summed E-state index contributed by atoms with van der Waals surface area (Å²) in [6, 6.07) is 4.62. The van der Waals surface area contributed by atoms with E-state index in [9.17, 15) is 24.9 Å². The first-order chi connectivity index (χ1) is 13.8. The molecule has 0 saturated heterocycles. The van der Waals surface area contributed by atoms with Gasteiger partial charge in [-0.1, -0.05) is 6.07 Å². The summed E-state index contributed by atoms with van der Waals surface area (Å²) >= 11 is 0. The number of imidazole rings is 1. The number of aromatic nitrogens is 4. The lowest BCUT2D eigenvalue weighted by molar-refractivity contribution is 0.174. The fraction of sp³-hybridized carbons (Fsp3) is 0.421. The minimum Gasteiger partial charge on any atom is -0.508 e. The van der Waals surface area contributed by atoms with Crippen LogP contribution < -0.4 is 16.6 Å². The molecule has 1 unspecified atom stereocenters. The summed E-state index contributed by atoms with van der Waals surface area (Å²) in [5.74, 6) is -0.00684. The fourth-order valence-corrected chi connectivity index (χ4v) is 3.24. The summed E-state index contributed by atoms with van der Waals surface area (Å²) in [6.45, 7) is 1.12. The van der Waals surface area contributed by atoms with Crippen molar-refractivity contribution in [3.63, 3.8) is 0 Å². The van der Waals surface area contributed by atoms with Crippen molar-refractivity contribution in [1.82, 2.24) is 24.0 Å². The minimum absolute atomic E-state index is 0.00684. The van der Waals surface area contributed by atoms with Gasteiger partial charge in [-0.2, -0.15) is 0 Å². The van der Waals surface area contributed by atoms with Gasteiger partial charge in [0.15, 0.2) is 11.2 Å². The number of rotatable bonds is 8. The molecule has 29 heavy (non-hydrogen) atoms.